The summed E-state index contributed by atoms with van der Waals surface area (Å²) in [5.74, 6) is 1.20. The van der Waals surface area contributed by atoms with Crippen molar-refractivity contribution < 1.29 is 9.53 Å². The lowest BCUT2D eigenvalue weighted by molar-refractivity contribution is -0.120. The summed E-state index contributed by atoms with van der Waals surface area (Å²) in [6.45, 7) is 3.55. The number of ether oxygens (including phenoxy) is 1. The fourth-order valence-electron chi connectivity index (χ4n) is 3.46. The second kappa shape index (κ2) is 8.22. The molecule has 0 spiro atoms. The number of aryl methyl sites for hydroxylation is 1. The molecule has 28 heavy (non-hydrogen) atoms. The summed E-state index contributed by atoms with van der Waals surface area (Å²) >= 11 is 0. The number of H-pyrrole nitrogens is 1. The van der Waals surface area contributed by atoms with Gasteiger partial charge in [-0.2, -0.15) is 0 Å². The Balaban J connectivity index is 1.46. The zero-order chi connectivity index (χ0) is 19.3. The molecule has 3 aromatic rings. The zero-order valence-corrected chi connectivity index (χ0v) is 15.8. The van der Waals surface area contributed by atoms with Crippen LogP contribution < -0.4 is 10.1 Å². The van der Waals surface area contributed by atoms with Gasteiger partial charge in [0.2, 0.25) is 5.91 Å². The van der Waals surface area contributed by atoms with Crippen LogP contribution in [0.4, 0.5) is 5.69 Å². The van der Waals surface area contributed by atoms with Crippen LogP contribution in [0.2, 0.25) is 0 Å². The summed E-state index contributed by atoms with van der Waals surface area (Å²) in [7, 11) is 0. The number of imidazole rings is 1. The van der Waals surface area contributed by atoms with Gasteiger partial charge in [0.25, 0.3) is 0 Å². The van der Waals surface area contributed by atoms with Gasteiger partial charge in [-0.3, -0.25) is 14.7 Å². The molecule has 2 aromatic heterocycles. The number of aromatic nitrogens is 3. The van der Waals surface area contributed by atoms with E-state index < -0.39 is 0 Å². The van der Waals surface area contributed by atoms with E-state index in [4.69, 9.17) is 4.74 Å². The predicted molar refractivity (Wildman–Crippen MR) is 106 cm³/mol. The number of anilines is 1. The number of nitrogens with one attached hydrogen (secondary N) is 2. The third-order valence-electron chi connectivity index (χ3n) is 4.96. The number of aromatic amines is 1. The van der Waals surface area contributed by atoms with Crippen molar-refractivity contribution in [1.29, 1.82) is 0 Å². The van der Waals surface area contributed by atoms with Crippen LogP contribution in [0.15, 0.2) is 55.1 Å². The van der Waals surface area contributed by atoms with E-state index in [0.717, 1.165) is 30.8 Å². The Labute approximate surface area is 163 Å². The van der Waals surface area contributed by atoms with E-state index in [2.05, 4.69) is 25.2 Å². The summed E-state index contributed by atoms with van der Waals surface area (Å²) in [6.07, 6.45) is 6.86. The Morgan fingerprint density at radius 2 is 2.21 bits per heavy atom. The first kappa shape index (κ1) is 18.2. The third-order valence-corrected chi connectivity index (χ3v) is 4.96. The summed E-state index contributed by atoms with van der Waals surface area (Å²) in [5, 5.41) is 3.04. The van der Waals surface area contributed by atoms with Gasteiger partial charge >= 0.3 is 0 Å². The van der Waals surface area contributed by atoms with Gasteiger partial charge < -0.3 is 15.0 Å². The SMILES string of the molecule is Cc1[nH]cnc1CN1CCCC1C(=O)Nc1ccccc1Oc1cccnc1. The van der Waals surface area contributed by atoms with E-state index >= 15 is 0 Å². The van der Waals surface area contributed by atoms with Gasteiger partial charge in [0, 0.05) is 18.4 Å². The van der Waals surface area contributed by atoms with Crippen molar-refractivity contribution in [3.8, 4) is 11.5 Å². The van der Waals surface area contributed by atoms with Crippen LogP contribution in [0, 0.1) is 6.92 Å². The Morgan fingerprint density at radius 3 is 3.00 bits per heavy atom. The second-order valence-electron chi connectivity index (χ2n) is 6.88. The Hall–Kier alpha value is -3.19. The maximum atomic E-state index is 13.0. The minimum atomic E-state index is -0.178. The van der Waals surface area contributed by atoms with Crippen molar-refractivity contribution in [2.45, 2.75) is 32.4 Å². The molecule has 0 bridgehead atoms. The number of benzene rings is 1. The maximum absolute atomic E-state index is 13.0. The first-order valence-electron chi connectivity index (χ1n) is 9.41. The fourth-order valence-corrected chi connectivity index (χ4v) is 3.46. The fraction of sp³-hybridized carbons (Fsp3) is 0.286. The molecular weight excluding hydrogens is 354 g/mol. The molecule has 4 rings (SSSR count). The lowest BCUT2D eigenvalue weighted by atomic mass is 10.2. The molecule has 1 amide bonds. The lowest BCUT2D eigenvalue weighted by Gasteiger charge is -2.23. The van der Waals surface area contributed by atoms with Gasteiger partial charge in [0.05, 0.1) is 29.9 Å². The Bertz CT molecular complexity index is 941. The molecule has 2 N–H and O–H groups in total. The van der Waals surface area contributed by atoms with Gasteiger partial charge in [0.15, 0.2) is 5.75 Å². The summed E-state index contributed by atoms with van der Waals surface area (Å²) in [4.78, 5) is 26.7. The number of para-hydroxylation sites is 2. The molecule has 0 saturated carbocycles. The van der Waals surface area contributed by atoms with E-state index in [1.54, 1.807) is 18.7 Å². The number of likely N-dealkylation sites (tertiary alicyclic amines) is 1. The van der Waals surface area contributed by atoms with E-state index in [-0.39, 0.29) is 11.9 Å². The standard InChI is InChI=1S/C21H23N5O2/c1-15-18(24-14-23-15)13-26-11-5-8-19(26)21(27)25-17-7-2-3-9-20(17)28-16-6-4-10-22-12-16/h2-4,6-7,9-10,12,14,19H,5,8,11,13H2,1H3,(H,23,24)(H,25,27). The molecule has 7 nitrogen and oxygen atoms in total. The number of carbonyl (C=O) groups excluding carboxylic acids is 1. The average molecular weight is 377 g/mol. The van der Waals surface area contributed by atoms with Crippen molar-refractivity contribution in [3.63, 3.8) is 0 Å². The number of amides is 1. The zero-order valence-electron chi connectivity index (χ0n) is 15.8. The number of nitrogens with zero attached hydrogens (tertiary/aromatic N) is 3. The van der Waals surface area contributed by atoms with E-state index in [1.165, 1.54) is 0 Å². The highest BCUT2D eigenvalue weighted by Gasteiger charge is 2.31. The van der Waals surface area contributed by atoms with Crippen LogP contribution >= 0.6 is 0 Å². The highest BCUT2D eigenvalue weighted by molar-refractivity contribution is 5.96. The molecule has 3 heterocycles. The predicted octanol–water partition coefficient (Wildman–Crippen LogP) is 3.51. The van der Waals surface area contributed by atoms with Gasteiger partial charge in [-0.05, 0) is 50.6 Å². The smallest absolute Gasteiger partial charge is 0.241 e. The molecular formula is C21H23N5O2. The summed E-state index contributed by atoms with van der Waals surface area (Å²) in [6, 6.07) is 10.9. The molecule has 1 fully saturated rings. The largest absolute Gasteiger partial charge is 0.454 e. The Morgan fingerprint density at radius 1 is 1.32 bits per heavy atom. The molecule has 0 radical (unpaired) electrons. The van der Waals surface area contributed by atoms with Gasteiger partial charge in [-0.1, -0.05) is 12.1 Å². The first-order valence-corrected chi connectivity index (χ1v) is 9.41. The highest BCUT2D eigenvalue weighted by Crippen LogP contribution is 2.30. The lowest BCUT2D eigenvalue weighted by Crippen LogP contribution is -2.39. The van der Waals surface area contributed by atoms with Crippen LogP contribution in [0.1, 0.15) is 24.2 Å². The number of pyridine rings is 1. The quantitative estimate of drug-likeness (QED) is 0.687. The summed E-state index contributed by atoms with van der Waals surface area (Å²) in [5.41, 5.74) is 2.68. The number of rotatable bonds is 6. The topological polar surface area (TPSA) is 83.1 Å². The number of hydrogen-bond acceptors (Lipinski definition) is 5. The van der Waals surface area contributed by atoms with E-state index in [1.807, 2.05) is 43.3 Å². The van der Waals surface area contributed by atoms with Crippen LogP contribution in [0.25, 0.3) is 0 Å². The highest BCUT2D eigenvalue weighted by atomic mass is 16.5. The van der Waals surface area contributed by atoms with Crippen LogP contribution in [0.3, 0.4) is 0 Å². The van der Waals surface area contributed by atoms with Crippen LogP contribution in [-0.4, -0.2) is 38.3 Å². The van der Waals surface area contributed by atoms with Crippen molar-refractivity contribution in [2.24, 2.45) is 0 Å². The maximum Gasteiger partial charge on any atom is 0.241 e. The van der Waals surface area contributed by atoms with Gasteiger partial charge in [-0.15, -0.1) is 0 Å². The van der Waals surface area contributed by atoms with Crippen LogP contribution in [0.5, 0.6) is 11.5 Å². The first-order chi connectivity index (χ1) is 13.7. The van der Waals surface area contributed by atoms with Crippen molar-refractivity contribution in [1.82, 2.24) is 19.9 Å². The molecule has 1 aromatic carbocycles. The van der Waals surface area contributed by atoms with E-state index in [9.17, 15) is 4.79 Å². The van der Waals surface area contributed by atoms with Crippen molar-refractivity contribution in [2.75, 3.05) is 11.9 Å². The Kier molecular flexibility index (Phi) is 5.34. The molecule has 1 aliphatic heterocycles. The molecule has 1 saturated heterocycles. The van der Waals surface area contributed by atoms with Crippen molar-refractivity contribution in [3.05, 3.63) is 66.5 Å². The number of hydrogen-bond donors (Lipinski definition) is 2. The van der Waals surface area contributed by atoms with Crippen LogP contribution in [-0.2, 0) is 11.3 Å². The number of carbonyl (C=O) groups is 1. The molecule has 1 atom stereocenters. The minimum Gasteiger partial charge on any atom is -0.454 e. The normalized spacial score (nSPS) is 16.8. The monoisotopic (exact) mass is 377 g/mol. The molecule has 7 heteroatoms. The van der Waals surface area contributed by atoms with Gasteiger partial charge in [0.1, 0.15) is 5.75 Å². The minimum absolute atomic E-state index is 0.0204. The second-order valence-corrected chi connectivity index (χ2v) is 6.88. The molecule has 1 unspecified atom stereocenters. The van der Waals surface area contributed by atoms with Crippen molar-refractivity contribution >= 4 is 11.6 Å². The summed E-state index contributed by atoms with van der Waals surface area (Å²) < 4.78 is 5.90. The average Bonchev–Trinajstić information content (AvgIpc) is 3.34. The molecule has 0 aliphatic carbocycles. The molecule has 144 valence electrons. The molecule has 1 aliphatic rings. The third kappa shape index (κ3) is 4.04. The van der Waals surface area contributed by atoms with E-state index in [0.29, 0.717) is 23.7 Å². The van der Waals surface area contributed by atoms with Gasteiger partial charge in [-0.25, -0.2) is 4.98 Å².